The lowest BCUT2D eigenvalue weighted by Crippen LogP contribution is -2.23. The van der Waals surface area contributed by atoms with Crippen molar-refractivity contribution in [3.8, 4) is 17.0 Å². The first kappa shape index (κ1) is 20.3. The minimum absolute atomic E-state index is 0.0684. The quantitative estimate of drug-likeness (QED) is 0.513. The number of anilines is 1. The number of benzene rings is 2. The van der Waals surface area contributed by atoms with Crippen LogP contribution in [0.5, 0.6) is 5.75 Å². The summed E-state index contributed by atoms with van der Waals surface area (Å²) in [6, 6.07) is 13.3. The Labute approximate surface area is 178 Å². The van der Waals surface area contributed by atoms with Gasteiger partial charge in [0, 0.05) is 18.5 Å². The molecule has 0 saturated carbocycles. The molecule has 8 nitrogen and oxygen atoms in total. The van der Waals surface area contributed by atoms with Crippen LogP contribution in [0.1, 0.15) is 17.5 Å². The lowest BCUT2D eigenvalue weighted by molar-refractivity contribution is -0.116. The number of aromatic nitrogens is 3. The molecule has 4 aromatic rings. The minimum Gasteiger partial charge on any atom is -0.495 e. The molecule has 0 radical (unpaired) electrons. The van der Waals surface area contributed by atoms with Gasteiger partial charge in [0.05, 0.1) is 19.1 Å². The van der Waals surface area contributed by atoms with Gasteiger partial charge in [-0.1, -0.05) is 41.1 Å². The molecule has 2 heterocycles. The van der Waals surface area contributed by atoms with Gasteiger partial charge in [-0.25, -0.2) is 4.98 Å². The van der Waals surface area contributed by atoms with Crippen LogP contribution in [-0.4, -0.2) is 27.7 Å². The van der Waals surface area contributed by atoms with Crippen LogP contribution in [0.15, 0.2) is 58.1 Å². The Hall–Kier alpha value is -3.94. The van der Waals surface area contributed by atoms with Crippen molar-refractivity contribution < 1.29 is 14.1 Å². The molecule has 0 aliphatic rings. The average molecular weight is 418 g/mol. The van der Waals surface area contributed by atoms with Gasteiger partial charge >= 0.3 is 0 Å². The largest absolute Gasteiger partial charge is 0.495 e. The molecule has 0 aliphatic carbocycles. The number of hydrogen-bond donors (Lipinski definition) is 1. The number of aryl methyl sites for hydroxylation is 3. The lowest BCUT2D eigenvalue weighted by atomic mass is 10.1. The highest BCUT2D eigenvalue weighted by molar-refractivity contribution is 5.92. The normalized spacial score (nSPS) is 10.9. The number of methoxy groups -OCH3 is 1. The number of amides is 1. The van der Waals surface area contributed by atoms with Gasteiger partial charge in [-0.05, 0) is 31.5 Å². The topological polar surface area (TPSA) is 99.2 Å². The summed E-state index contributed by atoms with van der Waals surface area (Å²) in [5.74, 6) is 0.332. The summed E-state index contributed by atoms with van der Waals surface area (Å²) in [7, 11) is 1.54. The van der Waals surface area contributed by atoms with E-state index >= 15 is 0 Å². The molecule has 2 aromatic carbocycles. The summed E-state index contributed by atoms with van der Waals surface area (Å²) in [5.41, 5.74) is 4.13. The number of hydrogen-bond acceptors (Lipinski definition) is 6. The van der Waals surface area contributed by atoms with E-state index in [4.69, 9.17) is 9.26 Å². The molecule has 31 heavy (non-hydrogen) atoms. The second kappa shape index (κ2) is 8.43. The summed E-state index contributed by atoms with van der Waals surface area (Å²) in [4.78, 5) is 29.6. The Bertz CT molecular complexity index is 1310. The molecular formula is C23H22N4O4. The van der Waals surface area contributed by atoms with E-state index in [2.05, 4.69) is 15.5 Å². The predicted molar refractivity (Wildman–Crippen MR) is 117 cm³/mol. The van der Waals surface area contributed by atoms with Gasteiger partial charge in [-0.15, -0.1) is 0 Å². The standard InChI is InChI=1S/C23H22N4O4/c1-14-4-7-16(8-5-14)20-21-22(31-26-20)23(29)27(13-24-21)11-10-19(28)25-17-12-15(2)6-9-18(17)30-3/h4-9,12-13H,10-11H2,1-3H3,(H,25,28). The second-order valence-electron chi connectivity index (χ2n) is 7.32. The Morgan fingerprint density at radius 1 is 1.13 bits per heavy atom. The van der Waals surface area contributed by atoms with Crippen LogP contribution in [0.3, 0.4) is 0 Å². The molecule has 0 bridgehead atoms. The van der Waals surface area contributed by atoms with Crippen molar-refractivity contribution in [3.05, 3.63) is 70.3 Å². The number of nitrogens with zero attached hydrogens (tertiary/aromatic N) is 3. The maximum absolute atomic E-state index is 12.8. The number of carbonyl (C=O) groups is 1. The van der Waals surface area contributed by atoms with Crippen molar-refractivity contribution in [1.29, 1.82) is 0 Å². The molecular weight excluding hydrogens is 396 g/mol. The Balaban J connectivity index is 1.51. The maximum Gasteiger partial charge on any atom is 0.299 e. The van der Waals surface area contributed by atoms with E-state index in [1.807, 2.05) is 50.2 Å². The van der Waals surface area contributed by atoms with Gasteiger partial charge in [0.25, 0.3) is 11.1 Å². The third kappa shape index (κ3) is 4.18. The van der Waals surface area contributed by atoms with Gasteiger partial charge in [0.1, 0.15) is 17.0 Å². The molecule has 0 aliphatic heterocycles. The molecule has 0 atom stereocenters. The first-order valence-corrected chi connectivity index (χ1v) is 9.82. The molecule has 0 saturated heterocycles. The molecule has 0 fully saturated rings. The highest BCUT2D eigenvalue weighted by Crippen LogP contribution is 2.26. The third-order valence-electron chi connectivity index (χ3n) is 4.98. The average Bonchev–Trinajstić information content (AvgIpc) is 3.19. The fourth-order valence-electron chi connectivity index (χ4n) is 3.27. The predicted octanol–water partition coefficient (Wildman–Crippen LogP) is 3.71. The number of fused-ring (bicyclic) bond motifs is 1. The van der Waals surface area contributed by atoms with Gasteiger partial charge in [0.15, 0.2) is 0 Å². The van der Waals surface area contributed by atoms with Crippen molar-refractivity contribution in [2.24, 2.45) is 0 Å². The van der Waals surface area contributed by atoms with E-state index in [9.17, 15) is 9.59 Å². The maximum atomic E-state index is 12.8. The molecule has 1 amide bonds. The van der Waals surface area contributed by atoms with Crippen LogP contribution in [0, 0.1) is 13.8 Å². The molecule has 8 heteroatoms. The van der Waals surface area contributed by atoms with Crippen LogP contribution >= 0.6 is 0 Å². The molecule has 1 N–H and O–H groups in total. The number of nitrogens with one attached hydrogen (secondary N) is 1. The highest BCUT2D eigenvalue weighted by atomic mass is 16.5. The fraction of sp³-hybridized carbons (Fsp3) is 0.217. The Morgan fingerprint density at radius 3 is 2.61 bits per heavy atom. The van der Waals surface area contributed by atoms with Crippen molar-refractivity contribution >= 4 is 22.7 Å². The van der Waals surface area contributed by atoms with E-state index in [0.29, 0.717) is 22.6 Å². The van der Waals surface area contributed by atoms with E-state index in [-0.39, 0.29) is 30.0 Å². The molecule has 2 aromatic heterocycles. The van der Waals surface area contributed by atoms with Crippen LogP contribution in [0.2, 0.25) is 0 Å². The van der Waals surface area contributed by atoms with Crippen LogP contribution in [0.25, 0.3) is 22.4 Å². The summed E-state index contributed by atoms with van der Waals surface area (Å²) >= 11 is 0. The Kier molecular flexibility index (Phi) is 5.53. The number of ether oxygens (including phenoxy) is 1. The van der Waals surface area contributed by atoms with Crippen molar-refractivity contribution in [2.45, 2.75) is 26.8 Å². The Morgan fingerprint density at radius 2 is 1.87 bits per heavy atom. The van der Waals surface area contributed by atoms with Gasteiger partial charge in [-0.2, -0.15) is 0 Å². The van der Waals surface area contributed by atoms with Crippen molar-refractivity contribution in [2.75, 3.05) is 12.4 Å². The minimum atomic E-state index is -0.378. The zero-order valence-corrected chi connectivity index (χ0v) is 17.5. The first-order valence-electron chi connectivity index (χ1n) is 9.82. The van der Waals surface area contributed by atoms with Gasteiger partial charge in [0.2, 0.25) is 5.91 Å². The SMILES string of the molecule is COc1ccc(C)cc1NC(=O)CCn1cnc2c(-c3ccc(C)cc3)noc2c1=O. The van der Waals surface area contributed by atoms with E-state index in [1.165, 1.54) is 10.9 Å². The zero-order valence-electron chi connectivity index (χ0n) is 17.5. The molecule has 158 valence electrons. The number of rotatable bonds is 6. The monoisotopic (exact) mass is 418 g/mol. The van der Waals surface area contributed by atoms with Crippen molar-refractivity contribution in [1.82, 2.24) is 14.7 Å². The van der Waals surface area contributed by atoms with E-state index in [1.54, 1.807) is 13.2 Å². The van der Waals surface area contributed by atoms with Gasteiger partial charge < -0.3 is 14.6 Å². The van der Waals surface area contributed by atoms with Crippen LogP contribution in [-0.2, 0) is 11.3 Å². The summed E-state index contributed by atoms with van der Waals surface area (Å²) < 4.78 is 11.9. The van der Waals surface area contributed by atoms with Crippen LogP contribution in [0.4, 0.5) is 5.69 Å². The third-order valence-corrected chi connectivity index (χ3v) is 4.98. The fourth-order valence-corrected chi connectivity index (χ4v) is 3.27. The second-order valence-corrected chi connectivity index (χ2v) is 7.32. The van der Waals surface area contributed by atoms with Crippen molar-refractivity contribution in [3.63, 3.8) is 0 Å². The number of carbonyl (C=O) groups excluding carboxylic acids is 1. The molecule has 4 rings (SSSR count). The summed E-state index contributed by atoms with van der Waals surface area (Å²) in [6.07, 6.45) is 1.50. The zero-order chi connectivity index (χ0) is 22.0. The van der Waals surface area contributed by atoms with Crippen LogP contribution < -0.4 is 15.6 Å². The first-order chi connectivity index (χ1) is 15.0. The van der Waals surface area contributed by atoms with E-state index in [0.717, 1.165) is 16.7 Å². The highest BCUT2D eigenvalue weighted by Gasteiger charge is 2.17. The summed E-state index contributed by atoms with van der Waals surface area (Å²) in [6.45, 7) is 4.08. The molecule has 0 spiro atoms. The van der Waals surface area contributed by atoms with E-state index < -0.39 is 0 Å². The summed E-state index contributed by atoms with van der Waals surface area (Å²) in [5, 5.41) is 6.86. The lowest BCUT2D eigenvalue weighted by Gasteiger charge is -2.11. The smallest absolute Gasteiger partial charge is 0.299 e. The molecule has 0 unspecified atom stereocenters. The van der Waals surface area contributed by atoms with Gasteiger partial charge in [-0.3, -0.25) is 14.2 Å².